The first kappa shape index (κ1) is 11.6. The van der Waals surface area contributed by atoms with Gasteiger partial charge in [-0.05, 0) is 31.0 Å². The van der Waals surface area contributed by atoms with Crippen LogP contribution in [0.1, 0.15) is 18.9 Å². The summed E-state index contributed by atoms with van der Waals surface area (Å²) < 4.78 is 10.2. The molecule has 1 aromatic rings. The molecule has 3 nitrogen and oxygen atoms in total. The average molecular weight is 208 g/mol. The predicted molar refractivity (Wildman–Crippen MR) is 57.9 cm³/mol. The zero-order chi connectivity index (χ0) is 11.3. The normalized spacial score (nSPS) is 11.9. The minimum absolute atomic E-state index is 0.334. The summed E-state index contributed by atoms with van der Waals surface area (Å²) in [6, 6.07) is 7.60. The molecule has 0 aliphatic rings. The number of ether oxygens (including phenoxy) is 2. The van der Waals surface area contributed by atoms with Crippen molar-refractivity contribution in [3.05, 3.63) is 29.8 Å². The number of hydrogen-bond donors (Lipinski definition) is 0. The van der Waals surface area contributed by atoms with Crippen molar-refractivity contribution < 1.29 is 14.3 Å². The molecule has 0 N–H and O–H groups in total. The van der Waals surface area contributed by atoms with E-state index in [1.807, 2.05) is 38.1 Å². The minimum Gasteiger partial charge on any atom is -0.479 e. The summed E-state index contributed by atoms with van der Waals surface area (Å²) in [5.74, 6) is 0.367. The summed E-state index contributed by atoms with van der Waals surface area (Å²) in [4.78, 5) is 11.3. The SMILES string of the molecule is CCC(Oc1cccc(C)c1)C(=O)OC. The number of carbonyl (C=O) groups excluding carboxylic acids is 1. The number of aryl methyl sites for hydroxylation is 1. The summed E-state index contributed by atoms with van der Waals surface area (Å²) in [5.41, 5.74) is 1.10. The lowest BCUT2D eigenvalue weighted by Crippen LogP contribution is -2.27. The minimum atomic E-state index is -0.517. The van der Waals surface area contributed by atoms with Crippen molar-refractivity contribution in [3.8, 4) is 5.75 Å². The van der Waals surface area contributed by atoms with Gasteiger partial charge in [-0.25, -0.2) is 4.79 Å². The molecule has 0 fully saturated rings. The lowest BCUT2D eigenvalue weighted by molar-refractivity contribution is -0.148. The van der Waals surface area contributed by atoms with Crippen molar-refractivity contribution in [2.24, 2.45) is 0 Å². The molecule has 0 bridgehead atoms. The first-order valence-electron chi connectivity index (χ1n) is 4.98. The molecule has 0 spiro atoms. The van der Waals surface area contributed by atoms with Gasteiger partial charge < -0.3 is 9.47 Å². The van der Waals surface area contributed by atoms with Crippen LogP contribution in [0.25, 0.3) is 0 Å². The highest BCUT2D eigenvalue weighted by Crippen LogP contribution is 2.15. The van der Waals surface area contributed by atoms with Gasteiger partial charge in [0.2, 0.25) is 0 Å². The second-order valence-electron chi connectivity index (χ2n) is 3.35. The average Bonchev–Trinajstić information content (AvgIpc) is 2.25. The molecule has 1 aromatic carbocycles. The van der Waals surface area contributed by atoms with Crippen LogP contribution in [0.15, 0.2) is 24.3 Å². The molecule has 0 aliphatic heterocycles. The molecular weight excluding hydrogens is 192 g/mol. The molecule has 0 saturated heterocycles. The van der Waals surface area contributed by atoms with E-state index >= 15 is 0 Å². The third-order valence-electron chi connectivity index (χ3n) is 2.10. The van der Waals surface area contributed by atoms with Gasteiger partial charge in [-0.3, -0.25) is 0 Å². The third kappa shape index (κ3) is 3.27. The maximum Gasteiger partial charge on any atom is 0.347 e. The molecule has 0 saturated carbocycles. The van der Waals surface area contributed by atoms with Crippen LogP contribution in [0.4, 0.5) is 0 Å². The van der Waals surface area contributed by atoms with Crippen molar-refractivity contribution in [3.63, 3.8) is 0 Å². The van der Waals surface area contributed by atoms with E-state index < -0.39 is 6.10 Å². The maximum atomic E-state index is 11.3. The van der Waals surface area contributed by atoms with E-state index in [0.717, 1.165) is 5.56 Å². The van der Waals surface area contributed by atoms with Crippen LogP contribution >= 0.6 is 0 Å². The lowest BCUT2D eigenvalue weighted by Gasteiger charge is -2.15. The van der Waals surface area contributed by atoms with Gasteiger partial charge >= 0.3 is 5.97 Å². The zero-order valence-electron chi connectivity index (χ0n) is 9.32. The summed E-state index contributed by atoms with van der Waals surface area (Å²) in [5, 5.41) is 0. The second kappa shape index (κ2) is 5.39. The number of esters is 1. The Balaban J connectivity index is 2.70. The van der Waals surface area contributed by atoms with Crippen molar-refractivity contribution in [2.75, 3.05) is 7.11 Å². The van der Waals surface area contributed by atoms with E-state index in [-0.39, 0.29) is 5.97 Å². The monoisotopic (exact) mass is 208 g/mol. The van der Waals surface area contributed by atoms with Crippen LogP contribution in [0, 0.1) is 6.92 Å². The Hall–Kier alpha value is -1.51. The molecule has 15 heavy (non-hydrogen) atoms. The van der Waals surface area contributed by atoms with Gasteiger partial charge in [0.05, 0.1) is 7.11 Å². The van der Waals surface area contributed by atoms with Gasteiger partial charge in [0, 0.05) is 0 Å². The summed E-state index contributed by atoms with van der Waals surface area (Å²) in [6.07, 6.45) is 0.0810. The molecule has 1 rings (SSSR count). The molecule has 0 aromatic heterocycles. The van der Waals surface area contributed by atoms with E-state index in [1.54, 1.807) is 0 Å². The fraction of sp³-hybridized carbons (Fsp3) is 0.417. The second-order valence-corrected chi connectivity index (χ2v) is 3.35. The number of rotatable bonds is 4. The summed E-state index contributed by atoms with van der Waals surface area (Å²) >= 11 is 0. The van der Waals surface area contributed by atoms with Gasteiger partial charge in [-0.1, -0.05) is 19.1 Å². The van der Waals surface area contributed by atoms with E-state index in [2.05, 4.69) is 4.74 Å². The van der Waals surface area contributed by atoms with Gasteiger partial charge in [-0.2, -0.15) is 0 Å². The van der Waals surface area contributed by atoms with Crippen LogP contribution in [0.2, 0.25) is 0 Å². The summed E-state index contributed by atoms with van der Waals surface area (Å²) in [7, 11) is 1.37. The number of benzene rings is 1. The largest absolute Gasteiger partial charge is 0.479 e. The van der Waals surface area contributed by atoms with E-state index in [0.29, 0.717) is 12.2 Å². The topological polar surface area (TPSA) is 35.5 Å². The van der Waals surface area contributed by atoms with Gasteiger partial charge in [0.25, 0.3) is 0 Å². The molecule has 82 valence electrons. The van der Waals surface area contributed by atoms with Crippen molar-refractivity contribution in [1.29, 1.82) is 0 Å². The molecule has 1 atom stereocenters. The van der Waals surface area contributed by atoms with Crippen LogP contribution in [-0.2, 0) is 9.53 Å². The highest BCUT2D eigenvalue weighted by atomic mass is 16.6. The molecule has 1 unspecified atom stereocenters. The summed E-state index contributed by atoms with van der Waals surface area (Å²) in [6.45, 7) is 3.86. The van der Waals surface area contributed by atoms with Crippen molar-refractivity contribution in [1.82, 2.24) is 0 Å². The van der Waals surface area contributed by atoms with Crippen LogP contribution in [-0.4, -0.2) is 19.2 Å². The number of hydrogen-bond acceptors (Lipinski definition) is 3. The van der Waals surface area contributed by atoms with E-state index in [1.165, 1.54) is 7.11 Å². The first-order chi connectivity index (χ1) is 7.17. The molecule has 0 aliphatic carbocycles. The fourth-order valence-electron chi connectivity index (χ4n) is 1.28. The Morgan fingerprint density at radius 1 is 1.47 bits per heavy atom. The van der Waals surface area contributed by atoms with Crippen LogP contribution in [0.5, 0.6) is 5.75 Å². The Morgan fingerprint density at radius 2 is 2.20 bits per heavy atom. The molecule has 0 amide bonds. The fourth-order valence-corrected chi connectivity index (χ4v) is 1.28. The third-order valence-corrected chi connectivity index (χ3v) is 2.10. The lowest BCUT2D eigenvalue weighted by atomic mass is 10.2. The molecule has 3 heteroatoms. The Morgan fingerprint density at radius 3 is 2.73 bits per heavy atom. The van der Waals surface area contributed by atoms with E-state index in [9.17, 15) is 4.79 Å². The maximum absolute atomic E-state index is 11.3. The van der Waals surface area contributed by atoms with Crippen LogP contribution < -0.4 is 4.74 Å². The Labute approximate surface area is 90.0 Å². The van der Waals surface area contributed by atoms with Gasteiger partial charge in [0.1, 0.15) is 5.75 Å². The smallest absolute Gasteiger partial charge is 0.347 e. The predicted octanol–water partition coefficient (Wildman–Crippen LogP) is 2.33. The van der Waals surface area contributed by atoms with Crippen molar-refractivity contribution in [2.45, 2.75) is 26.4 Å². The zero-order valence-corrected chi connectivity index (χ0v) is 9.32. The van der Waals surface area contributed by atoms with Gasteiger partial charge in [-0.15, -0.1) is 0 Å². The number of methoxy groups -OCH3 is 1. The first-order valence-corrected chi connectivity index (χ1v) is 4.98. The van der Waals surface area contributed by atoms with Gasteiger partial charge in [0.15, 0.2) is 6.10 Å². The highest BCUT2D eigenvalue weighted by Gasteiger charge is 2.18. The highest BCUT2D eigenvalue weighted by molar-refractivity contribution is 5.74. The molecule has 0 radical (unpaired) electrons. The quantitative estimate of drug-likeness (QED) is 0.712. The van der Waals surface area contributed by atoms with E-state index in [4.69, 9.17) is 4.74 Å². The standard InChI is InChI=1S/C12H16O3/c1-4-11(12(13)14-3)15-10-7-5-6-9(2)8-10/h5-8,11H,4H2,1-3H3. The Kier molecular flexibility index (Phi) is 4.16. The molecule has 0 heterocycles. The Bertz CT molecular complexity index is 333. The molecular formula is C12H16O3. The van der Waals surface area contributed by atoms with Crippen molar-refractivity contribution >= 4 is 5.97 Å². The number of carbonyl (C=O) groups is 1. The van der Waals surface area contributed by atoms with Crippen LogP contribution in [0.3, 0.4) is 0 Å².